The van der Waals surface area contributed by atoms with Crippen LogP contribution in [0.5, 0.6) is 0 Å². The molecule has 0 unspecified atom stereocenters. The van der Waals surface area contributed by atoms with E-state index in [9.17, 15) is 14.0 Å². The van der Waals surface area contributed by atoms with E-state index < -0.39 is 17.0 Å². The molecule has 1 spiro atoms. The highest BCUT2D eigenvalue weighted by molar-refractivity contribution is 5.39. The Morgan fingerprint density at radius 2 is 1.65 bits per heavy atom. The second kappa shape index (κ2) is 4.84. The van der Waals surface area contributed by atoms with Crippen molar-refractivity contribution in [3.05, 3.63) is 35.4 Å². The average Bonchev–Trinajstić information content (AvgIpc) is 2.62. The van der Waals surface area contributed by atoms with Gasteiger partial charge in [-0.25, -0.2) is 8.78 Å². The molecule has 0 aliphatic heterocycles. The number of benzene rings is 1. The standard InChI is InChI=1S/C17H19F2N/c18-13-5-6-14(15(19)9-13)17(12-20)10-16(11-17)7-3-1-2-4-8-16/h5-6,9H,1-4,7-8,10-11H2. The van der Waals surface area contributed by atoms with Gasteiger partial charge in [-0.3, -0.25) is 0 Å². The minimum absolute atomic E-state index is 0.229. The number of nitrogens with zero attached hydrogens (tertiary/aromatic N) is 1. The molecule has 2 fully saturated rings. The van der Waals surface area contributed by atoms with Crippen LogP contribution in [0, 0.1) is 28.4 Å². The number of hydrogen-bond donors (Lipinski definition) is 0. The van der Waals surface area contributed by atoms with Gasteiger partial charge in [-0.15, -0.1) is 0 Å². The largest absolute Gasteiger partial charge is 0.207 e. The van der Waals surface area contributed by atoms with Crippen molar-refractivity contribution in [1.29, 1.82) is 5.26 Å². The third kappa shape index (κ3) is 2.12. The molecule has 2 saturated carbocycles. The molecule has 2 aliphatic rings. The Balaban J connectivity index is 1.87. The summed E-state index contributed by atoms with van der Waals surface area (Å²) in [5.74, 6) is -1.15. The van der Waals surface area contributed by atoms with Crippen molar-refractivity contribution in [2.75, 3.05) is 0 Å². The molecule has 0 N–H and O–H groups in total. The van der Waals surface area contributed by atoms with Crippen molar-refractivity contribution < 1.29 is 8.78 Å². The van der Waals surface area contributed by atoms with Gasteiger partial charge in [0, 0.05) is 11.6 Å². The summed E-state index contributed by atoms with van der Waals surface area (Å²) in [5, 5.41) is 9.56. The van der Waals surface area contributed by atoms with Crippen LogP contribution in [-0.2, 0) is 5.41 Å². The van der Waals surface area contributed by atoms with E-state index in [-0.39, 0.29) is 5.41 Å². The lowest BCUT2D eigenvalue weighted by atomic mass is 9.48. The zero-order valence-electron chi connectivity index (χ0n) is 11.6. The van der Waals surface area contributed by atoms with Crippen LogP contribution >= 0.6 is 0 Å². The molecule has 0 amide bonds. The van der Waals surface area contributed by atoms with E-state index in [0.29, 0.717) is 5.56 Å². The molecule has 3 heteroatoms. The first-order valence-corrected chi connectivity index (χ1v) is 7.46. The molecule has 1 nitrogen and oxygen atoms in total. The van der Waals surface area contributed by atoms with Crippen LogP contribution in [0.2, 0.25) is 0 Å². The molecular formula is C17H19F2N. The van der Waals surface area contributed by atoms with Crippen LogP contribution < -0.4 is 0 Å². The quantitative estimate of drug-likeness (QED) is 0.718. The molecule has 2 aliphatic carbocycles. The SMILES string of the molecule is N#CC1(c2ccc(F)cc2F)CC2(CCCCCC2)C1. The van der Waals surface area contributed by atoms with Gasteiger partial charge in [0.1, 0.15) is 11.6 Å². The van der Waals surface area contributed by atoms with Gasteiger partial charge in [-0.1, -0.05) is 31.7 Å². The molecule has 0 bridgehead atoms. The summed E-state index contributed by atoms with van der Waals surface area (Å²) in [6, 6.07) is 5.93. The molecule has 3 rings (SSSR count). The summed E-state index contributed by atoms with van der Waals surface area (Å²) < 4.78 is 27.0. The lowest BCUT2D eigenvalue weighted by Crippen LogP contribution is -2.49. The lowest BCUT2D eigenvalue weighted by molar-refractivity contribution is 0.0378. The van der Waals surface area contributed by atoms with E-state index in [0.717, 1.165) is 31.7 Å². The first-order valence-electron chi connectivity index (χ1n) is 7.46. The van der Waals surface area contributed by atoms with Crippen molar-refractivity contribution in [3.8, 4) is 6.07 Å². The molecule has 0 aromatic heterocycles. The first kappa shape index (κ1) is 13.5. The van der Waals surface area contributed by atoms with Gasteiger partial charge >= 0.3 is 0 Å². The molecule has 0 saturated heterocycles. The summed E-state index contributed by atoms with van der Waals surface area (Å²) in [5.41, 5.74) is -0.119. The normalized spacial score (nSPS) is 23.6. The second-order valence-corrected chi connectivity index (χ2v) is 6.59. The van der Waals surface area contributed by atoms with Crippen LogP contribution in [0.3, 0.4) is 0 Å². The van der Waals surface area contributed by atoms with Crippen LogP contribution in [0.1, 0.15) is 56.9 Å². The van der Waals surface area contributed by atoms with E-state index in [1.54, 1.807) is 0 Å². The number of nitriles is 1. The van der Waals surface area contributed by atoms with Gasteiger partial charge in [-0.05, 0) is 37.2 Å². The van der Waals surface area contributed by atoms with Crippen molar-refractivity contribution in [2.24, 2.45) is 5.41 Å². The number of hydrogen-bond acceptors (Lipinski definition) is 1. The van der Waals surface area contributed by atoms with Gasteiger partial charge in [0.15, 0.2) is 0 Å². The monoisotopic (exact) mass is 275 g/mol. The molecule has 0 atom stereocenters. The zero-order chi connectivity index (χ0) is 14.2. The van der Waals surface area contributed by atoms with Crippen molar-refractivity contribution in [2.45, 2.75) is 56.8 Å². The zero-order valence-corrected chi connectivity index (χ0v) is 11.6. The smallest absolute Gasteiger partial charge is 0.130 e. The Bertz CT molecular complexity index is 543. The maximum atomic E-state index is 14.0. The summed E-state index contributed by atoms with van der Waals surface area (Å²) in [6.07, 6.45) is 8.75. The third-order valence-corrected chi connectivity index (χ3v) is 5.18. The lowest BCUT2D eigenvalue weighted by Gasteiger charge is -2.53. The van der Waals surface area contributed by atoms with Crippen LogP contribution in [-0.4, -0.2) is 0 Å². The predicted molar refractivity (Wildman–Crippen MR) is 73.0 cm³/mol. The number of rotatable bonds is 1. The third-order valence-electron chi connectivity index (χ3n) is 5.18. The Morgan fingerprint density at radius 1 is 1.00 bits per heavy atom. The van der Waals surface area contributed by atoms with E-state index in [1.807, 2.05) is 0 Å². The topological polar surface area (TPSA) is 23.8 Å². The van der Waals surface area contributed by atoms with Gasteiger partial charge < -0.3 is 0 Å². The molecule has 0 radical (unpaired) electrons. The first-order chi connectivity index (χ1) is 9.59. The van der Waals surface area contributed by atoms with E-state index >= 15 is 0 Å². The van der Waals surface area contributed by atoms with Crippen molar-refractivity contribution in [1.82, 2.24) is 0 Å². The minimum Gasteiger partial charge on any atom is -0.207 e. The molecule has 1 aromatic rings. The fourth-order valence-electron chi connectivity index (χ4n) is 4.27. The van der Waals surface area contributed by atoms with Gasteiger partial charge in [0.05, 0.1) is 11.5 Å². The maximum absolute atomic E-state index is 14.0. The van der Waals surface area contributed by atoms with Crippen molar-refractivity contribution >= 4 is 0 Å². The highest BCUT2D eigenvalue weighted by Crippen LogP contribution is 2.61. The molecule has 20 heavy (non-hydrogen) atoms. The fourth-order valence-corrected chi connectivity index (χ4v) is 4.27. The Morgan fingerprint density at radius 3 is 2.20 bits per heavy atom. The highest BCUT2D eigenvalue weighted by atomic mass is 19.1. The predicted octanol–water partition coefficient (Wildman–Crippen LogP) is 4.86. The molecule has 0 heterocycles. The average molecular weight is 275 g/mol. The molecular weight excluding hydrogens is 256 g/mol. The highest BCUT2D eigenvalue weighted by Gasteiger charge is 2.56. The van der Waals surface area contributed by atoms with Crippen LogP contribution in [0.15, 0.2) is 18.2 Å². The van der Waals surface area contributed by atoms with E-state index in [2.05, 4.69) is 6.07 Å². The molecule has 1 aromatic carbocycles. The fraction of sp³-hybridized carbons (Fsp3) is 0.588. The summed E-state index contributed by atoms with van der Waals surface area (Å²) in [4.78, 5) is 0. The summed E-state index contributed by atoms with van der Waals surface area (Å²) in [7, 11) is 0. The summed E-state index contributed by atoms with van der Waals surface area (Å²) >= 11 is 0. The molecule has 106 valence electrons. The Hall–Kier alpha value is -1.43. The van der Waals surface area contributed by atoms with E-state index in [1.165, 1.54) is 37.8 Å². The van der Waals surface area contributed by atoms with Crippen LogP contribution in [0.25, 0.3) is 0 Å². The Kier molecular flexibility index (Phi) is 3.28. The Labute approximate surface area is 118 Å². The van der Waals surface area contributed by atoms with E-state index in [4.69, 9.17) is 0 Å². The van der Waals surface area contributed by atoms with Gasteiger partial charge in [-0.2, -0.15) is 5.26 Å². The maximum Gasteiger partial charge on any atom is 0.130 e. The van der Waals surface area contributed by atoms with Crippen molar-refractivity contribution in [3.63, 3.8) is 0 Å². The van der Waals surface area contributed by atoms with Gasteiger partial charge in [0.25, 0.3) is 0 Å². The minimum atomic E-state index is -0.734. The summed E-state index contributed by atoms with van der Waals surface area (Å²) in [6.45, 7) is 0. The van der Waals surface area contributed by atoms with Gasteiger partial charge in [0.2, 0.25) is 0 Å². The number of halogens is 2. The van der Waals surface area contributed by atoms with Crippen LogP contribution in [0.4, 0.5) is 8.78 Å². The second-order valence-electron chi connectivity index (χ2n) is 6.59.